The van der Waals surface area contributed by atoms with E-state index in [1.165, 1.54) is 83.9 Å². The van der Waals surface area contributed by atoms with E-state index in [1.807, 2.05) is 6.08 Å². The summed E-state index contributed by atoms with van der Waals surface area (Å²) in [5.74, 6) is 1.38. The van der Waals surface area contributed by atoms with E-state index < -0.39 is 0 Å². The van der Waals surface area contributed by atoms with E-state index in [0.717, 1.165) is 25.2 Å². The molecule has 0 heterocycles. The first-order valence-corrected chi connectivity index (χ1v) is 14.8. The van der Waals surface area contributed by atoms with Crippen LogP contribution in [0.2, 0.25) is 0 Å². The van der Waals surface area contributed by atoms with Crippen molar-refractivity contribution in [2.75, 3.05) is 0 Å². The van der Waals surface area contributed by atoms with Gasteiger partial charge >= 0.3 is 0 Å². The molecule has 0 aromatic heterocycles. The van der Waals surface area contributed by atoms with Gasteiger partial charge in [-0.3, -0.25) is 0 Å². The van der Waals surface area contributed by atoms with Gasteiger partial charge in [0.1, 0.15) is 0 Å². The molecule has 0 radical (unpaired) electrons. The molecule has 0 unspecified atom stereocenters. The van der Waals surface area contributed by atoms with E-state index in [-0.39, 0.29) is 0 Å². The Bertz CT molecular complexity index is 981. The van der Waals surface area contributed by atoms with Gasteiger partial charge in [0.25, 0.3) is 0 Å². The van der Waals surface area contributed by atoms with Crippen LogP contribution in [0.1, 0.15) is 117 Å². The van der Waals surface area contributed by atoms with Crippen LogP contribution in [0, 0.1) is 17.3 Å². The molecule has 1 aliphatic rings. The summed E-state index contributed by atoms with van der Waals surface area (Å²) in [7, 11) is 0. The molecular weight excluding hydrogens is 444 g/mol. The first kappa shape index (κ1) is 30.9. The Balaban J connectivity index is 2.18. The van der Waals surface area contributed by atoms with Crippen LogP contribution in [-0.4, -0.2) is 0 Å². The molecule has 0 bridgehead atoms. The maximum atomic E-state index is 4.51. The van der Waals surface area contributed by atoms with Gasteiger partial charge in [-0.15, -0.1) is 0 Å². The highest BCUT2D eigenvalue weighted by Gasteiger charge is 2.35. The molecule has 0 aliphatic heterocycles. The standard InChI is InChI=1S/C37H54/c1-10-16-32(12-3)36(33(13-4)25-28(7)8)34(14-5)26-31-21-23-37(15-6,24-22-31)27-29(9)35-19-17-30(11-2)18-20-35/h11-14,17-20,28,31H,2,4,9-10,15-16,21-27H2,1,3,5-8H3/b32-12-,34-14-,36-33-. The molecular formula is C37H54. The second-order valence-corrected chi connectivity index (χ2v) is 11.7. The van der Waals surface area contributed by atoms with Crippen LogP contribution in [-0.2, 0) is 0 Å². The zero-order valence-corrected chi connectivity index (χ0v) is 25.0. The fourth-order valence-electron chi connectivity index (χ4n) is 6.26. The lowest BCUT2D eigenvalue weighted by Crippen LogP contribution is -2.27. The molecule has 1 aromatic rings. The maximum absolute atomic E-state index is 4.51. The molecule has 202 valence electrons. The summed E-state index contributed by atoms with van der Waals surface area (Å²) in [5.41, 5.74) is 10.1. The third kappa shape index (κ3) is 8.59. The predicted octanol–water partition coefficient (Wildman–Crippen LogP) is 11.9. The lowest BCUT2D eigenvalue weighted by molar-refractivity contribution is 0.147. The van der Waals surface area contributed by atoms with Crippen molar-refractivity contribution in [3.8, 4) is 0 Å². The van der Waals surface area contributed by atoms with Gasteiger partial charge in [-0.05, 0) is 121 Å². The summed E-state index contributed by atoms with van der Waals surface area (Å²) in [6.07, 6.45) is 21.0. The SMILES string of the molecule is C=C/C(CC(C)C)=C(C(=C/C)\CCC)/C(=C\C)CC1CCC(CC)(CC(=C)c2ccc(C=C)cc2)CC1. The Labute approximate surface area is 230 Å². The van der Waals surface area contributed by atoms with Crippen molar-refractivity contribution in [1.29, 1.82) is 0 Å². The number of hydrogen-bond acceptors (Lipinski definition) is 0. The van der Waals surface area contributed by atoms with Gasteiger partial charge < -0.3 is 0 Å². The summed E-state index contributed by atoms with van der Waals surface area (Å²) in [6.45, 7) is 26.4. The lowest BCUT2D eigenvalue weighted by Gasteiger charge is -2.41. The second-order valence-electron chi connectivity index (χ2n) is 11.7. The average Bonchev–Trinajstić information content (AvgIpc) is 2.92. The molecule has 0 saturated heterocycles. The summed E-state index contributed by atoms with van der Waals surface area (Å²) >= 11 is 0. The van der Waals surface area contributed by atoms with Gasteiger partial charge in [0, 0.05) is 0 Å². The molecule has 0 heteroatoms. The van der Waals surface area contributed by atoms with Crippen molar-refractivity contribution in [3.05, 3.63) is 95.6 Å². The third-order valence-electron chi connectivity index (χ3n) is 8.62. The molecule has 1 aliphatic carbocycles. The van der Waals surface area contributed by atoms with E-state index in [9.17, 15) is 0 Å². The third-order valence-corrected chi connectivity index (χ3v) is 8.62. The number of rotatable bonds is 14. The van der Waals surface area contributed by atoms with E-state index in [4.69, 9.17) is 0 Å². The molecule has 0 amide bonds. The van der Waals surface area contributed by atoms with Crippen molar-refractivity contribution in [3.63, 3.8) is 0 Å². The Kier molecular flexibility index (Phi) is 12.7. The Hall–Kier alpha value is -2.34. The highest BCUT2D eigenvalue weighted by Crippen LogP contribution is 2.49. The molecule has 1 fully saturated rings. The van der Waals surface area contributed by atoms with Crippen LogP contribution in [0.15, 0.2) is 84.5 Å². The van der Waals surface area contributed by atoms with Crippen LogP contribution >= 0.6 is 0 Å². The quantitative estimate of drug-likeness (QED) is 0.224. The van der Waals surface area contributed by atoms with Crippen LogP contribution in [0.25, 0.3) is 11.6 Å². The molecule has 0 nitrogen and oxygen atoms in total. The van der Waals surface area contributed by atoms with E-state index >= 15 is 0 Å². The second kappa shape index (κ2) is 15.2. The minimum Gasteiger partial charge on any atom is -0.0988 e. The zero-order chi connectivity index (χ0) is 27.4. The molecule has 37 heavy (non-hydrogen) atoms. The van der Waals surface area contributed by atoms with Gasteiger partial charge in [0.15, 0.2) is 0 Å². The Morgan fingerprint density at radius 3 is 2.08 bits per heavy atom. The summed E-state index contributed by atoms with van der Waals surface area (Å²) in [4.78, 5) is 0. The summed E-state index contributed by atoms with van der Waals surface area (Å²) in [6, 6.07) is 8.73. The van der Waals surface area contributed by atoms with Crippen LogP contribution in [0.3, 0.4) is 0 Å². The highest BCUT2D eigenvalue weighted by atomic mass is 14.4. The van der Waals surface area contributed by atoms with Crippen LogP contribution in [0.4, 0.5) is 0 Å². The fourth-order valence-corrected chi connectivity index (χ4v) is 6.26. The Morgan fingerprint density at radius 2 is 1.62 bits per heavy atom. The highest BCUT2D eigenvalue weighted by molar-refractivity contribution is 5.65. The average molecular weight is 499 g/mol. The largest absolute Gasteiger partial charge is 0.0988 e. The van der Waals surface area contributed by atoms with Gasteiger partial charge in [-0.2, -0.15) is 0 Å². The van der Waals surface area contributed by atoms with Gasteiger partial charge in [0.2, 0.25) is 0 Å². The fraction of sp³-hybridized carbons (Fsp3) is 0.514. The van der Waals surface area contributed by atoms with Crippen LogP contribution in [0.5, 0.6) is 0 Å². The van der Waals surface area contributed by atoms with E-state index in [0.29, 0.717) is 11.3 Å². The zero-order valence-electron chi connectivity index (χ0n) is 25.0. The monoisotopic (exact) mass is 498 g/mol. The minimum absolute atomic E-state index is 0.389. The molecule has 2 rings (SSSR count). The van der Waals surface area contributed by atoms with Gasteiger partial charge in [0.05, 0.1) is 0 Å². The normalized spacial score (nSPS) is 21.5. The first-order chi connectivity index (χ1) is 17.8. The van der Waals surface area contributed by atoms with Crippen molar-refractivity contribution in [1.82, 2.24) is 0 Å². The molecule has 0 atom stereocenters. The first-order valence-electron chi connectivity index (χ1n) is 14.8. The smallest absolute Gasteiger partial charge is 0.0167 e. The summed E-state index contributed by atoms with van der Waals surface area (Å²) in [5, 5.41) is 0. The van der Waals surface area contributed by atoms with E-state index in [1.54, 1.807) is 0 Å². The molecule has 0 N–H and O–H groups in total. The van der Waals surface area contributed by atoms with Crippen molar-refractivity contribution < 1.29 is 0 Å². The van der Waals surface area contributed by atoms with Crippen molar-refractivity contribution in [2.24, 2.45) is 17.3 Å². The summed E-state index contributed by atoms with van der Waals surface area (Å²) < 4.78 is 0. The number of hydrogen-bond donors (Lipinski definition) is 0. The van der Waals surface area contributed by atoms with Crippen molar-refractivity contribution >= 4 is 11.6 Å². The maximum Gasteiger partial charge on any atom is -0.0167 e. The molecule has 1 aromatic carbocycles. The van der Waals surface area contributed by atoms with Crippen LogP contribution < -0.4 is 0 Å². The Morgan fingerprint density at radius 1 is 1.00 bits per heavy atom. The predicted molar refractivity (Wildman–Crippen MR) is 169 cm³/mol. The van der Waals surface area contributed by atoms with E-state index in [2.05, 4.69) is 104 Å². The van der Waals surface area contributed by atoms with Gasteiger partial charge in [-0.25, -0.2) is 0 Å². The molecule has 0 spiro atoms. The number of benzene rings is 1. The van der Waals surface area contributed by atoms with Crippen molar-refractivity contribution in [2.45, 2.75) is 106 Å². The minimum atomic E-state index is 0.389. The molecule has 1 saturated carbocycles. The van der Waals surface area contributed by atoms with Gasteiger partial charge in [-0.1, -0.05) is 109 Å². The number of allylic oxidation sites excluding steroid dienone is 8. The topological polar surface area (TPSA) is 0 Å². The lowest BCUT2D eigenvalue weighted by atomic mass is 9.64.